The highest BCUT2D eigenvalue weighted by Crippen LogP contribution is 2.17. The lowest BCUT2D eigenvalue weighted by Crippen LogP contribution is -2.60. The second-order valence-corrected chi connectivity index (χ2v) is 35.7. The number of hydrogen-bond donors (Lipinski definition) is 22. The van der Waals surface area contributed by atoms with Crippen LogP contribution in [-0.4, -0.2) is 386 Å². The predicted octanol–water partition coefficient (Wildman–Crippen LogP) is -5.58. The van der Waals surface area contributed by atoms with Crippen molar-refractivity contribution in [2.24, 2.45) is 5.73 Å². The third-order valence-corrected chi connectivity index (χ3v) is 23.7. The molecule has 15 amide bonds. The van der Waals surface area contributed by atoms with E-state index in [1.807, 2.05) is 0 Å². The minimum absolute atomic E-state index is 0.00310. The van der Waals surface area contributed by atoms with Crippen molar-refractivity contribution in [1.29, 1.82) is 0 Å². The van der Waals surface area contributed by atoms with E-state index in [4.69, 9.17) is 5.73 Å². The lowest BCUT2D eigenvalue weighted by atomic mass is 10.0. The van der Waals surface area contributed by atoms with E-state index in [9.17, 15) is 107 Å². The van der Waals surface area contributed by atoms with Gasteiger partial charge in [-0.3, -0.25) is 115 Å². The van der Waals surface area contributed by atoms with Crippen LogP contribution in [0.25, 0.3) is 0 Å². The highest BCUT2D eigenvalue weighted by Gasteiger charge is 2.36. The number of nitrogens with two attached hydrogens (primary N) is 1. The fourth-order valence-electron chi connectivity index (χ4n) is 15.6. The summed E-state index contributed by atoms with van der Waals surface area (Å²) < 4.78 is 7.00. The molecule has 8 atom stereocenters. The number of phenols is 1. The molecule has 148 heavy (non-hydrogen) atoms. The monoisotopic (exact) mass is 2080 g/mol. The molecule has 4 aromatic heterocycles. The fraction of sp³-hybridized carbons (Fsp3) is 0.596. The number of carboxylic acid groups (broad SMARTS) is 5. The van der Waals surface area contributed by atoms with Gasteiger partial charge in [0.2, 0.25) is 88.6 Å². The van der Waals surface area contributed by atoms with Crippen LogP contribution in [0.4, 0.5) is 0 Å². The Labute approximate surface area is 855 Å². The quantitative estimate of drug-likeness (QED) is 0.0161. The number of aromatic nitrogens is 8. The summed E-state index contributed by atoms with van der Waals surface area (Å²) >= 11 is 0. The number of carbonyl (C=O) groups excluding carboxylic acids is 15. The van der Waals surface area contributed by atoms with Crippen LogP contribution in [0.15, 0.2) is 99.1 Å². The first-order valence-electron chi connectivity index (χ1n) is 49.5. The lowest BCUT2D eigenvalue weighted by Gasteiger charge is -2.38. The first-order chi connectivity index (χ1) is 70.9. The Morgan fingerprint density at radius 1 is 0.331 bits per heavy atom. The standard InChI is InChI=1S/C94H144N28O26/c1-65(109-90(144)70(11-3-7-29-101-76(125)20-24-80(129)105-37-45-118-41-33-97-62-118)108-55-67-56-121(59-86(138)139)51-50-115(57-84(134)135)48-49-116(58-85(136)137)52-53-122(67)60-87(140)141)89(143)111-71(12-4-8-30-102-77(126)21-25-81(130)106-38-46-119-42-34-98-63-119)91(145)113-73(18-27-83(132)133)93(147)112-72(13-5-9-31-103-78(127)22-26-82(131)107-39-47-120-43-35-99-64-120)92(146)114-74(54-66-14-16-68(123)17-15-66)94(148)110-69(88(95)142)10-2-6-28-100-75(124)19-23-79(128)104-36-44-117-40-32-96-61-117/h14-17,32-35,40-43,61-65,67,69-74,108,123H,2-13,18-31,36-39,44-60H2,1H3,(H2,95,142)(H,100,124)(H,101,125)(H,102,126)(H,103,127)(H,104,128)(H,105,129)(H,106,130)(H,107,131)(H,109,144)(H,110,148)(H,111,143)(H,112,147)(H,113,145)(H,114,146)(H,132,133)(H,134,135)(H,136,137)(H,138,139)(H,140,141)/t65-,67?,69-,70-,71-,72-,73-,74-/m1/s1. The van der Waals surface area contributed by atoms with Gasteiger partial charge >= 0.3 is 29.8 Å². The van der Waals surface area contributed by atoms with Gasteiger partial charge in [-0.25, -0.2) is 19.9 Å². The molecule has 54 heteroatoms. The van der Waals surface area contributed by atoms with Crippen LogP contribution in [0.5, 0.6) is 5.75 Å². The van der Waals surface area contributed by atoms with E-state index in [0.717, 1.165) is 0 Å². The average molecular weight is 2080 g/mol. The first-order valence-corrected chi connectivity index (χ1v) is 49.5. The summed E-state index contributed by atoms with van der Waals surface area (Å²) in [6.45, 7) is 0.744. The van der Waals surface area contributed by atoms with E-state index >= 15 is 19.2 Å². The number of nitrogens with one attached hydrogen (secondary N) is 15. The van der Waals surface area contributed by atoms with Crippen molar-refractivity contribution in [3.05, 3.63) is 105 Å². The Hall–Kier alpha value is -14.9. The number of amides is 15. The first kappa shape index (κ1) is 122. The van der Waals surface area contributed by atoms with Crippen LogP contribution < -0.4 is 85.5 Å². The predicted molar refractivity (Wildman–Crippen MR) is 527 cm³/mol. The maximum atomic E-state index is 15.2. The summed E-state index contributed by atoms with van der Waals surface area (Å²) in [6.07, 6.45) is 16.4. The largest absolute Gasteiger partial charge is 0.508 e. The number of primary amides is 1. The van der Waals surface area contributed by atoms with Crippen molar-refractivity contribution in [1.82, 2.24) is 138 Å². The second kappa shape index (κ2) is 69.2. The van der Waals surface area contributed by atoms with E-state index in [2.05, 4.69) is 99.7 Å². The third kappa shape index (κ3) is 53.2. The molecule has 0 radical (unpaired) electrons. The molecule has 1 fully saturated rings. The summed E-state index contributed by atoms with van der Waals surface area (Å²) in [4.78, 5) is 290. The lowest BCUT2D eigenvalue weighted by molar-refractivity contribution is -0.142. The molecule has 6 rings (SSSR count). The van der Waals surface area contributed by atoms with Crippen LogP contribution in [0.2, 0.25) is 0 Å². The topological polar surface area (TPSA) is 753 Å². The molecule has 1 aliphatic rings. The molecule has 0 spiro atoms. The molecule has 0 saturated carbocycles. The minimum atomic E-state index is -1.90. The van der Waals surface area contributed by atoms with Gasteiger partial charge < -0.3 is 134 Å². The Morgan fingerprint density at radius 2 is 0.628 bits per heavy atom. The van der Waals surface area contributed by atoms with Crippen molar-refractivity contribution in [3.63, 3.8) is 0 Å². The number of phenolic OH excluding ortho intramolecular Hbond substituents is 1. The Morgan fingerprint density at radius 3 is 0.973 bits per heavy atom. The fourth-order valence-corrected chi connectivity index (χ4v) is 15.6. The van der Waals surface area contributed by atoms with Crippen molar-refractivity contribution < 1.29 is 127 Å². The van der Waals surface area contributed by atoms with Crippen LogP contribution in [0.3, 0.4) is 0 Å². The van der Waals surface area contributed by atoms with E-state index in [-0.39, 0.29) is 251 Å². The van der Waals surface area contributed by atoms with Crippen molar-refractivity contribution in [2.75, 3.05) is 131 Å². The zero-order chi connectivity index (χ0) is 108. The summed E-state index contributed by atoms with van der Waals surface area (Å²) in [7, 11) is 0. The molecule has 23 N–H and O–H groups in total. The van der Waals surface area contributed by atoms with Gasteiger partial charge in [0.1, 0.15) is 42.0 Å². The van der Waals surface area contributed by atoms with Crippen molar-refractivity contribution >= 4 is 118 Å². The van der Waals surface area contributed by atoms with E-state index in [1.165, 1.54) is 50.8 Å². The number of carboxylic acids is 5. The van der Waals surface area contributed by atoms with Crippen molar-refractivity contribution in [2.45, 2.75) is 229 Å². The Kier molecular flexibility index (Phi) is 56.9. The molecule has 5 aromatic rings. The number of aliphatic carboxylic acids is 5. The summed E-state index contributed by atoms with van der Waals surface area (Å²) in [5.74, 6) is -17.6. The Bertz CT molecular complexity index is 5000. The second-order valence-electron chi connectivity index (χ2n) is 35.7. The molecule has 1 aliphatic heterocycles. The molecular formula is C94H144N28O26. The SMILES string of the molecule is C[C@@H](NC(=O)[C@@H](CCCCNC(=O)CCC(=O)NCCn1ccnc1)NCC1CN(CC(=O)O)CCN(CC(=O)O)CCN(CC(=O)O)CCN1CC(=O)O)C(=O)N[C@H](CCCCNC(=O)CCC(=O)NCCn1ccnc1)C(=O)N[C@H](CCC(=O)O)C(=O)N[C@H](CCCCNC(=O)CCC(=O)NCCn1ccnc1)C(=O)N[C@H](Cc1ccc(O)cc1)C(=O)N[C@H](CCCCNC(=O)CCC(=O)NCCn1ccnc1)C(N)=O. The molecular weight excluding hydrogens is 1940 g/mol. The van der Waals surface area contributed by atoms with Gasteiger partial charge in [0, 0.05) is 251 Å². The smallest absolute Gasteiger partial charge is 0.317 e. The zero-order valence-electron chi connectivity index (χ0n) is 83.4. The van der Waals surface area contributed by atoms with Gasteiger partial charge in [0.15, 0.2) is 0 Å². The number of hydrogen-bond acceptors (Lipinski definition) is 30. The molecule has 1 aromatic carbocycles. The van der Waals surface area contributed by atoms with Gasteiger partial charge in [-0.05, 0) is 108 Å². The van der Waals surface area contributed by atoms with Gasteiger partial charge in [0.05, 0.1) is 57.5 Å². The third-order valence-electron chi connectivity index (χ3n) is 23.7. The summed E-state index contributed by atoms with van der Waals surface area (Å²) in [5.41, 5.74) is 6.21. The van der Waals surface area contributed by atoms with E-state index in [0.29, 0.717) is 38.3 Å². The van der Waals surface area contributed by atoms with Gasteiger partial charge in [-0.2, -0.15) is 0 Å². The van der Waals surface area contributed by atoms with Gasteiger partial charge in [0.25, 0.3) is 0 Å². The molecule has 1 unspecified atom stereocenters. The summed E-state index contributed by atoms with van der Waals surface area (Å²) in [5, 5.41) is 101. The minimum Gasteiger partial charge on any atom is -0.508 e. The molecule has 1 saturated heterocycles. The molecule has 5 heterocycles. The number of carbonyl (C=O) groups is 20. The number of imidazole rings is 4. The zero-order valence-corrected chi connectivity index (χ0v) is 83.4. The average Bonchev–Trinajstić information content (AvgIpc) is 1.51. The number of aromatic hydroxyl groups is 1. The number of rotatable bonds is 73. The number of benzene rings is 1. The van der Waals surface area contributed by atoms with E-state index < -0.39 is 194 Å². The Balaban J connectivity index is 1.28. The highest BCUT2D eigenvalue weighted by molar-refractivity contribution is 5.98. The molecule has 54 nitrogen and oxygen atoms in total. The van der Waals surface area contributed by atoms with Gasteiger partial charge in [-0.15, -0.1) is 0 Å². The maximum absolute atomic E-state index is 15.2. The van der Waals surface area contributed by atoms with Crippen LogP contribution in [0, 0.1) is 0 Å². The molecule has 816 valence electrons. The van der Waals surface area contributed by atoms with Crippen LogP contribution >= 0.6 is 0 Å². The highest BCUT2D eigenvalue weighted by atomic mass is 16.4. The maximum Gasteiger partial charge on any atom is 0.317 e. The van der Waals surface area contributed by atoms with E-state index in [1.54, 1.807) is 93.2 Å². The van der Waals surface area contributed by atoms with Crippen LogP contribution in [-0.2, 0) is 128 Å². The number of nitrogens with zero attached hydrogens (tertiary/aromatic N) is 12. The summed E-state index contributed by atoms with van der Waals surface area (Å²) in [6, 6.07) is -6.84. The van der Waals surface area contributed by atoms with Crippen molar-refractivity contribution in [3.8, 4) is 5.75 Å². The van der Waals surface area contributed by atoms with Gasteiger partial charge in [-0.1, -0.05) is 12.1 Å². The normalized spacial score (nSPS) is 14.6. The van der Waals surface area contributed by atoms with Crippen LogP contribution in [0.1, 0.15) is 154 Å². The number of unbranched alkanes of at least 4 members (excludes halogenated alkanes) is 4. The molecule has 0 bridgehead atoms. The molecule has 0 aliphatic carbocycles.